The first-order chi connectivity index (χ1) is 10.6. The summed E-state index contributed by atoms with van der Waals surface area (Å²) in [5.41, 5.74) is 0.495. The largest absolute Gasteiger partial charge is 0.501 e. The van der Waals surface area contributed by atoms with E-state index in [1.165, 1.54) is 6.07 Å². The molecule has 0 aliphatic heterocycles. The van der Waals surface area contributed by atoms with Crippen molar-refractivity contribution >= 4 is 21.4 Å². The fourth-order valence-electron chi connectivity index (χ4n) is 2.59. The Balaban J connectivity index is 2.19. The van der Waals surface area contributed by atoms with Crippen LogP contribution in [0.15, 0.2) is 29.2 Å². The summed E-state index contributed by atoms with van der Waals surface area (Å²) in [5.74, 6) is -0.828. The predicted molar refractivity (Wildman–Crippen MR) is 78.2 cm³/mol. The lowest BCUT2D eigenvalue weighted by Crippen LogP contribution is -2.40. The highest BCUT2D eigenvalue weighted by Crippen LogP contribution is 2.31. The summed E-state index contributed by atoms with van der Waals surface area (Å²) >= 11 is 0. The molecule has 5 nitrogen and oxygen atoms in total. The maximum absolute atomic E-state index is 12.6. The molecule has 1 aromatic carbocycles. The molecule has 23 heavy (non-hydrogen) atoms. The van der Waals surface area contributed by atoms with Crippen molar-refractivity contribution in [2.45, 2.75) is 42.1 Å². The zero-order chi connectivity index (χ0) is 17.3. The second-order valence-corrected chi connectivity index (χ2v) is 7.46. The Morgan fingerprint density at radius 1 is 1.22 bits per heavy atom. The van der Waals surface area contributed by atoms with E-state index >= 15 is 0 Å². The van der Waals surface area contributed by atoms with Gasteiger partial charge in [0.1, 0.15) is 0 Å². The van der Waals surface area contributed by atoms with Gasteiger partial charge in [0.25, 0.3) is 9.84 Å². The summed E-state index contributed by atoms with van der Waals surface area (Å²) < 4.78 is 60.5. The highest BCUT2D eigenvalue weighted by molar-refractivity contribution is 7.92. The Kier molecular flexibility index (Phi) is 5.00. The fraction of sp³-hybridized carbons (Fsp3) is 0.500. The van der Waals surface area contributed by atoms with Gasteiger partial charge in [0.15, 0.2) is 0 Å². The van der Waals surface area contributed by atoms with Gasteiger partial charge in [-0.3, -0.25) is 4.79 Å². The van der Waals surface area contributed by atoms with Crippen molar-refractivity contribution in [1.82, 2.24) is 0 Å². The molecular weight excluding hydrogens is 333 g/mol. The molecule has 1 fully saturated rings. The van der Waals surface area contributed by atoms with E-state index in [9.17, 15) is 26.4 Å². The molecule has 1 aliphatic rings. The minimum Gasteiger partial charge on any atom is -0.327 e. The van der Waals surface area contributed by atoms with Crippen molar-refractivity contribution in [3.63, 3.8) is 0 Å². The van der Waals surface area contributed by atoms with Crippen LogP contribution in [0.1, 0.15) is 25.7 Å². The zero-order valence-corrected chi connectivity index (χ0v) is 13.0. The van der Waals surface area contributed by atoms with E-state index in [-0.39, 0.29) is 11.7 Å². The van der Waals surface area contributed by atoms with Gasteiger partial charge >= 0.3 is 5.51 Å². The number of alkyl halides is 3. The molecular formula is C14H17F3N2O3S. The molecule has 3 N–H and O–H groups in total. The number of benzene rings is 1. The average Bonchev–Trinajstić information content (AvgIpc) is 2.46. The van der Waals surface area contributed by atoms with Crippen LogP contribution in [0.25, 0.3) is 0 Å². The van der Waals surface area contributed by atoms with Crippen LogP contribution < -0.4 is 11.1 Å². The molecule has 2 atom stereocenters. The minimum atomic E-state index is -5.45. The van der Waals surface area contributed by atoms with E-state index < -0.39 is 32.1 Å². The quantitative estimate of drug-likeness (QED) is 0.876. The number of sulfone groups is 1. The number of rotatable bonds is 3. The Labute approximate surface area is 132 Å². The number of anilines is 1. The van der Waals surface area contributed by atoms with Crippen LogP contribution in [0, 0.1) is 5.92 Å². The molecule has 0 spiro atoms. The summed E-state index contributed by atoms with van der Waals surface area (Å²) in [4.78, 5) is 11.3. The van der Waals surface area contributed by atoms with Crippen molar-refractivity contribution in [1.29, 1.82) is 0 Å². The predicted octanol–water partition coefficient (Wildman–Crippen LogP) is 2.44. The normalized spacial score (nSPS) is 22.6. The number of hydrogen-bond donors (Lipinski definition) is 2. The van der Waals surface area contributed by atoms with Crippen LogP contribution in [0.2, 0.25) is 0 Å². The van der Waals surface area contributed by atoms with E-state index in [0.717, 1.165) is 31.0 Å². The van der Waals surface area contributed by atoms with Gasteiger partial charge in [-0.15, -0.1) is 0 Å². The third-order valence-corrected chi connectivity index (χ3v) is 5.36. The van der Waals surface area contributed by atoms with Crippen molar-refractivity contribution in [2.75, 3.05) is 5.32 Å². The first kappa shape index (κ1) is 17.7. The standard InChI is InChI=1S/C14H17F3N2O3S/c15-14(16,17)23(21,22)10-5-3-4-9(8-10)19-13(20)11-6-1-2-7-12(11)18/h3-5,8,11-12H,1-2,6-7,18H2,(H,19,20). The maximum Gasteiger partial charge on any atom is 0.501 e. The lowest BCUT2D eigenvalue weighted by atomic mass is 9.84. The molecule has 1 aliphatic carbocycles. The monoisotopic (exact) mass is 350 g/mol. The Hall–Kier alpha value is -1.61. The number of carbonyl (C=O) groups is 1. The van der Waals surface area contributed by atoms with E-state index in [1.54, 1.807) is 0 Å². The van der Waals surface area contributed by atoms with E-state index in [0.29, 0.717) is 12.8 Å². The van der Waals surface area contributed by atoms with Crippen LogP contribution in [0.3, 0.4) is 0 Å². The first-order valence-corrected chi connectivity index (χ1v) is 8.59. The Morgan fingerprint density at radius 2 is 1.87 bits per heavy atom. The Morgan fingerprint density at radius 3 is 2.48 bits per heavy atom. The van der Waals surface area contributed by atoms with Gasteiger partial charge in [0.05, 0.1) is 10.8 Å². The molecule has 0 saturated heterocycles. The SMILES string of the molecule is NC1CCCCC1C(=O)Nc1cccc(S(=O)(=O)C(F)(F)F)c1. The van der Waals surface area contributed by atoms with Gasteiger partial charge in [-0.05, 0) is 31.0 Å². The molecule has 0 aromatic heterocycles. The van der Waals surface area contributed by atoms with Gasteiger partial charge in [-0.2, -0.15) is 13.2 Å². The number of nitrogens with two attached hydrogens (primary N) is 1. The lowest BCUT2D eigenvalue weighted by Gasteiger charge is -2.27. The van der Waals surface area contributed by atoms with Gasteiger partial charge in [0.2, 0.25) is 5.91 Å². The van der Waals surface area contributed by atoms with Gasteiger partial charge in [-0.1, -0.05) is 18.9 Å². The fourth-order valence-corrected chi connectivity index (χ4v) is 3.40. The van der Waals surface area contributed by atoms with Gasteiger partial charge in [-0.25, -0.2) is 8.42 Å². The molecule has 0 heterocycles. The molecule has 1 saturated carbocycles. The smallest absolute Gasteiger partial charge is 0.327 e. The molecule has 1 amide bonds. The highest BCUT2D eigenvalue weighted by atomic mass is 32.2. The molecule has 128 valence electrons. The van der Waals surface area contributed by atoms with Crippen LogP contribution in [0.4, 0.5) is 18.9 Å². The number of nitrogens with one attached hydrogen (secondary N) is 1. The van der Waals surface area contributed by atoms with Crippen LogP contribution in [-0.4, -0.2) is 25.9 Å². The highest BCUT2D eigenvalue weighted by Gasteiger charge is 2.46. The first-order valence-electron chi connectivity index (χ1n) is 7.11. The van der Waals surface area contributed by atoms with Crippen molar-refractivity contribution in [3.05, 3.63) is 24.3 Å². The summed E-state index contributed by atoms with van der Waals surface area (Å²) in [6, 6.07) is 3.82. The Bertz CT molecular complexity index is 689. The van der Waals surface area contributed by atoms with E-state index in [2.05, 4.69) is 5.32 Å². The number of amides is 1. The van der Waals surface area contributed by atoms with Gasteiger partial charge in [0, 0.05) is 11.7 Å². The van der Waals surface area contributed by atoms with Crippen molar-refractivity contribution in [3.8, 4) is 0 Å². The summed E-state index contributed by atoms with van der Waals surface area (Å²) in [7, 11) is -5.45. The van der Waals surface area contributed by atoms with Crippen LogP contribution in [0.5, 0.6) is 0 Å². The van der Waals surface area contributed by atoms with Crippen molar-refractivity contribution in [2.24, 2.45) is 11.7 Å². The second-order valence-electron chi connectivity index (χ2n) is 5.52. The number of hydrogen-bond acceptors (Lipinski definition) is 4. The van der Waals surface area contributed by atoms with Crippen LogP contribution >= 0.6 is 0 Å². The summed E-state index contributed by atoms with van der Waals surface area (Å²) in [5, 5.41) is 2.46. The average molecular weight is 350 g/mol. The van der Waals surface area contributed by atoms with Gasteiger partial charge < -0.3 is 11.1 Å². The number of halogens is 3. The number of carbonyl (C=O) groups excluding carboxylic acids is 1. The molecule has 2 unspecified atom stereocenters. The molecule has 0 bridgehead atoms. The summed E-state index contributed by atoms with van der Waals surface area (Å²) in [6.07, 6.45) is 3.10. The van der Waals surface area contributed by atoms with Crippen LogP contribution in [-0.2, 0) is 14.6 Å². The summed E-state index contributed by atoms with van der Waals surface area (Å²) in [6.45, 7) is 0. The van der Waals surface area contributed by atoms with Crippen molar-refractivity contribution < 1.29 is 26.4 Å². The van der Waals surface area contributed by atoms with E-state index in [1.807, 2.05) is 0 Å². The molecule has 1 aromatic rings. The molecule has 0 radical (unpaired) electrons. The zero-order valence-electron chi connectivity index (χ0n) is 12.1. The third-order valence-electron chi connectivity index (χ3n) is 3.87. The topological polar surface area (TPSA) is 89.3 Å². The van der Waals surface area contributed by atoms with E-state index in [4.69, 9.17) is 5.73 Å². The maximum atomic E-state index is 12.6. The third kappa shape index (κ3) is 3.84. The second kappa shape index (κ2) is 6.48. The minimum absolute atomic E-state index is 0.00176. The molecule has 9 heteroatoms. The lowest BCUT2D eigenvalue weighted by molar-refractivity contribution is -0.121. The molecule has 2 rings (SSSR count).